The molecule has 1 aromatic heterocycles. The Kier molecular flexibility index (Phi) is 9.00. The van der Waals surface area contributed by atoms with Gasteiger partial charge in [-0.15, -0.1) is 0 Å². The summed E-state index contributed by atoms with van der Waals surface area (Å²) < 4.78 is 5.59. The van der Waals surface area contributed by atoms with E-state index in [1.54, 1.807) is 0 Å². The molecule has 7 rings (SSSR count). The van der Waals surface area contributed by atoms with Crippen LogP contribution in [-0.2, 0) is 16.7 Å². The second kappa shape index (κ2) is 12.9. The maximum absolute atomic E-state index is 12.7. The fourth-order valence-electron chi connectivity index (χ4n) is 7.06. The first-order chi connectivity index (χ1) is 21.2. The predicted molar refractivity (Wildman–Crippen MR) is 175 cm³/mol. The Morgan fingerprint density at radius 2 is 1.75 bits per heavy atom. The first-order valence-electron chi connectivity index (χ1n) is 16.5. The van der Waals surface area contributed by atoms with Crippen molar-refractivity contribution in [1.82, 2.24) is 31.2 Å². The number of benzene rings is 2. The van der Waals surface area contributed by atoms with Crippen LogP contribution in [-0.4, -0.2) is 47.0 Å². The molecule has 1 amide bonds. The van der Waals surface area contributed by atoms with Crippen LogP contribution in [0.5, 0.6) is 0 Å². The molecule has 3 atom stereocenters. The molecule has 3 aromatic rings. The zero-order valence-corrected chi connectivity index (χ0v) is 26.7. The number of carbonyl (C=O) groups excluding carboxylic acids is 1. The number of hydrogen-bond donors (Lipinski definition) is 5. The quantitative estimate of drug-likeness (QED) is 0.236. The van der Waals surface area contributed by atoms with Gasteiger partial charge in [0.1, 0.15) is 17.0 Å². The number of ether oxygens (including phenoxy) is 1. The van der Waals surface area contributed by atoms with E-state index in [1.807, 2.05) is 32.9 Å². The Morgan fingerprint density at radius 1 is 0.977 bits per heavy atom. The maximum Gasteiger partial charge on any atom is 0.408 e. The van der Waals surface area contributed by atoms with Crippen LogP contribution in [0.3, 0.4) is 0 Å². The van der Waals surface area contributed by atoms with E-state index in [4.69, 9.17) is 9.72 Å². The van der Waals surface area contributed by atoms with Crippen LogP contribution in [0.2, 0.25) is 0 Å². The summed E-state index contributed by atoms with van der Waals surface area (Å²) >= 11 is 0. The van der Waals surface area contributed by atoms with Crippen LogP contribution < -0.4 is 21.3 Å². The molecule has 0 radical (unpaired) electrons. The minimum Gasteiger partial charge on any atom is -0.444 e. The van der Waals surface area contributed by atoms with Gasteiger partial charge in [0.05, 0.1) is 11.0 Å². The fourth-order valence-corrected chi connectivity index (χ4v) is 7.06. The van der Waals surface area contributed by atoms with E-state index in [1.165, 1.54) is 30.5 Å². The Balaban J connectivity index is 0.000000513. The Morgan fingerprint density at radius 3 is 2.45 bits per heavy atom. The first kappa shape index (κ1) is 30.6. The van der Waals surface area contributed by atoms with Gasteiger partial charge >= 0.3 is 6.09 Å². The van der Waals surface area contributed by atoms with Crippen LogP contribution in [0.25, 0.3) is 11.0 Å². The average Bonchev–Trinajstić information content (AvgIpc) is 3.76. The molecule has 8 nitrogen and oxygen atoms in total. The van der Waals surface area contributed by atoms with Gasteiger partial charge in [0.2, 0.25) is 0 Å². The number of hydrogen-bond acceptors (Lipinski definition) is 6. The van der Waals surface area contributed by atoms with Gasteiger partial charge in [-0.1, -0.05) is 37.2 Å². The molecule has 3 heterocycles. The third-order valence-corrected chi connectivity index (χ3v) is 9.33. The van der Waals surface area contributed by atoms with Crippen LogP contribution in [0.4, 0.5) is 4.79 Å². The number of rotatable bonds is 2. The Hall–Kier alpha value is -3.38. The highest BCUT2D eigenvalue weighted by Gasteiger charge is 2.39. The van der Waals surface area contributed by atoms with Gasteiger partial charge in [-0.2, -0.15) is 0 Å². The molecule has 1 saturated carbocycles. The van der Waals surface area contributed by atoms with Gasteiger partial charge in [-0.05, 0) is 114 Å². The number of amides is 1. The van der Waals surface area contributed by atoms with E-state index < -0.39 is 17.2 Å². The van der Waals surface area contributed by atoms with Crippen molar-refractivity contribution in [2.24, 2.45) is 0 Å². The number of fused-ring (bicyclic) bond motifs is 4. The number of aromatic nitrogens is 2. The molecule has 2 aromatic carbocycles. The number of aryl methyl sites for hydroxylation is 1. The van der Waals surface area contributed by atoms with Crippen molar-refractivity contribution in [2.45, 2.75) is 115 Å². The number of aromatic amines is 1. The number of imidazole rings is 1. The van der Waals surface area contributed by atoms with Crippen molar-refractivity contribution in [3.8, 4) is 11.8 Å². The van der Waals surface area contributed by atoms with Gasteiger partial charge in [-0.25, -0.2) is 9.78 Å². The number of nitrogens with zero attached hydrogens (tertiary/aromatic N) is 1. The molecule has 4 aliphatic rings. The molecule has 2 aliphatic heterocycles. The zero-order chi connectivity index (χ0) is 30.7. The van der Waals surface area contributed by atoms with Gasteiger partial charge in [0.15, 0.2) is 0 Å². The van der Waals surface area contributed by atoms with Gasteiger partial charge in [-0.3, -0.25) is 10.6 Å². The lowest BCUT2D eigenvalue weighted by molar-refractivity contribution is 0.0412. The number of carbonyl (C=O) groups is 1. The summed E-state index contributed by atoms with van der Waals surface area (Å²) in [6, 6.07) is 14.5. The molecule has 2 aliphatic carbocycles. The highest BCUT2D eigenvalue weighted by molar-refractivity contribution is 5.78. The SMILES string of the molecule is CC(C)(C)OC(=O)NC1(c2nc3ccc(C#Cc4ccc5c(c4)CCC4NCNC54)cc3[nH]2)CCCCC1.C[C@@H]1CCCN1. The van der Waals surface area contributed by atoms with E-state index in [0.29, 0.717) is 12.1 Å². The first-order valence-corrected chi connectivity index (χ1v) is 16.5. The van der Waals surface area contributed by atoms with Crippen molar-refractivity contribution < 1.29 is 9.53 Å². The molecule has 5 N–H and O–H groups in total. The standard InChI is InChI=1S/C31H37N5O2.C5H11N/c1-30(2,3)38-29(37)36-31(15-5-4-6-16-31)28-34-24-13-10-21(18-26(24)35-28)8-7-20-9-12-23-22(17-20)11-14-25-27(23)33-19-32-25;1-5-3-2-4-6-5/h9-10,12-13,17-18,25,27,32-33H,4-6,11,14-16,19H2,1-3H3,(H,34,35)(H,36,37);5-6H,2-4H2,1H3/t;5-/m.1/s1. The summed E-state index contributed by atoms with van der Waals surface area (Å²) in [5, 5.41) is 13.6. The van der Waals surface area contributed by atoms with E-state index in [2.05, 4.69) is 69.3 Å². The molecule has 2 unspecified atom stereocenters. The molecular formula is C36H48N6O2. The number of alkyl carbamates (subject to hydrolysis) is 1. The fraction of sp³-hybridized carbons (Fsp3) is 0.556. The predicted octanol–water partition coefficient (Wildman–Crippen LogP) is 5.91. The Bertz CT molecular complexity index is 1530. The summed E-state index contributed by atoms with van der Waals surface area (Å²) in [4.78, 5) is 21.2. The minimum atomic E-state index is -0.549. The zero-order valence-electron chi connectivity index (χ0n) is 26.7. The van der Waals surface area contributed by atoms with Crippen LogP contribution in [0, 0.1) is 11.8 Å². The van der Waals surface area contributed by atoms with Crippen molar-refractivity contribution in [2.75, 3.05) is 13.2 Å². The normalized spacial score (nSPS) is 23.9. The molecule has 8 heteroatoms. The molecule has 44 heavy (non-hydrogen) atoms. The summed E-state index contributed by atoms with van der Waals surface area (Å²) in [5.41, 5.74) is 5.50. The maximum atomic E-state index is 12.7. The summed E-state index contributed by atoms with van der Waals surface area (Å²) in [6.45, 7) is 10.00. The van der Waals surface area contributed by atoms with Gasteiger partial charge in [0, 0.05) is 35.9 Å². The van der Waals surface area contributed by atoms with Crippen molar-refractivity contribution in [3.63, 3.8) is 0 Å². The highest BCUT2D eigenvalue weighted by Crippen LogP contribution is 2.37. The molecule has 0 spiro atoms. The molecule has 2 saturated heterocycles. The Labute approximate surface area is 261 Å². The lowest BCUT2D eigenvalue weighted by Crippen LogP contribution is -2.49. The van der Waals surface area contributed by atoms with E-state index >= 15 is 0 Å². The summed E-state index contributed by atoms with van der Waals surface area (Å²) in [5.74, 6) is 7.51. The molecule has 234 valence electrons. The minimum absolute atomic E-state index is 0.396. The second-order valence-corrected chi connectivity index (χ2v) is 14.0. The smallest absolute Gasteiger partial charge is 0.408 e. The van der Waals surface area contributed by atoms with Crippen LogP contribution >= 0.6 is 0 Å². The molecule has 0 bridgehead atoms. The summed E-state index contributed by atoms with van der Waals surface area (Å²) in [6.07, 6.45) is 9.52. The van der Waals surface area contributed by atoms with Crippen molar-refractivity contribution in [1.29, 1.82) is 0 Å². The van der Waals surface area contributed by atoms with E-state index in [-0.39, 0.29) is 0 Å². The van der Waals surface area contributed by atoms with Crippen molar-refractivity contribution in [3.05, 3.63) is 64.5 Å². The lowest BCUT2D eigenvalue weighted by Gasteiger charge is -2.36. The van der Waals surface area contributed by atoms with Crippen LogP contribution in [0.15, 0.2) is 36.4 Å². The van der Waals surface area contributed by atoms with E-state index in [9.17, 15) is 4.79 Å². The van der Waals surface area contributed by atoms with Crippen LogP contribution in [0.1, 0.15) is 113 Å². The monoisotopic (exact) mass is 596 g/mol. The third-order valence-electron chi connectivity index (χ3n) is 9.33. The largest absolute Gasteiger partial charge is 0.444 e. The molecule has 3 fully saturated rings. The number of nitrogens with one attached hydrogen (secondary N) is 5. The third kappa shape index (κ3) is 7.12. The van der Waals surface area contributed by atoms with Gasteiger partial charge < -0.3 is 20.4 Å². The second-order valence-electron chi connectivity index (χ2n) is 14.0. The number of H-pyrrole nitrogens is 1. The highest BCUT2D eigenvalue weighted by atomic mass is 16.6. The van der Waals surface area contributed by atoms with Gasteiger partial charge in [0.25, 0.3) is 0 Å². The van der Waals surface area contributed by atoms with Crippen molar-refractivity contribution >= 4 is 17.1 Å². The molecular weight excluding hydrogens is 548 g/mol. The summed E-state index contributed by atoms with van der Waals surface area (Å²) in [7, 11) is 0. The lowest BCUT2D eigenvalue weighted by atomic mass is 9.81. The van der Waals surface area contributed by atoms with E-state index in [0.717, 1.165) is 85.6 Å². The average molecular weight is 597 g/mol. The topological polar surface area (TPSA) is 103 Å².